The first kappa shape index (κ1) is 13.5. The van der Waals surface area contributed by atoms with E-state index in [2.05, 4.69) is 0 Å². The summed E-state index contributed by atoms with van der Waals surface area (Å²) >= 11 is 5.79. The van der Waals surface area contributed by atoms with Crippen molar-refractivity contribution < 1.29 is 18.3 Å². The minimum absolute atomic E-state index is 0.137. The SMILES string of the molecule is N#Cc1ccc(CS(=O)(=O)CC(=O)O)c(Cl)c1. The number of carboxylic acid groups (broad SMARTS) is 1. The van der Waals surface area contributed by atoms with Gasteiger partial charge in [-0.25, -0.2) is 8.42 Å². The van der Waals surface area contributed by atoms with E-state index in [9.17, 15) is 13.2 Å². The Labute approximate surface area is 103 Å². The van der Waals surface area contributed by atoms with E-state index in [1.54, 1.807) is 0 Å². The minimum atomic E-state index is -3.74. The molecule has 17 heavy (non-hydrogen) atoms. The molecule has 1 rings (SSSR count). The van der Waals surface area contributed by atoms with Crippen molar-refractivity contribution in [2.45, 2.75) is 5.75 Å². The fourth-order valence-electron chi connectivity index (χ4n) is 1.21. The zero-order valence-corrected chi connectivity index (χ0v) is 10.1. The Morgan fingerprint density at radius 1 is 1.47 bits per heavy atom. The Hall–Kier alpha value is -1.58. The fourth-order valence-corrected chi connectivity index (χ4v) is 2.74. The van der Waals surface area contributed by atoms with Crippen LogP contribution in [0, 0.1) is 11.3 Å². The van der Waals surface area contributed by atoms with Gasteiger partial charge < -0.3 is 5.11 Å². The van der Waals surface area contributed by atoms with Gasteiger partial charge in [0.2, 0.25) is 0 Å². The molecule has 0 bridgehead atoms. The van der Waals surface area contributed by atoms with Crippen LogP contribution in [0.4, 0.5) is 0 Å². The van der Waals surface area contributed by atoms with E-state index < -0.39 is 27.3 Å². The molecule has 90 valence electrons. The van der Waals surface area contributed by atoms with E-state index in [0.29, 0.717) is 5.56 Å². The number of carbonyl (C=O) groups is 1. The second kappa shape index (κ2) is 5.17. The largest absolute Gasteiger partial charge is 0.480 e. The third kappa shape index (κ3) is 4.06. The number of aliphatic carboxylic acids is 1. The Bertz CT molecular complexity index is 589. The summed E-state index contributed by atoms with van der Waals surface area (Å²) in [7, 11) is -3.74. The van der Waals surface area contributed by atoms with Gasteiger partial charge in [-0.1, -0.05) is 17.7 Å². The third-order valence-corrected chi connectivity index (χ3v) is 3.69. The molecule has 0 fully saturated rings. The summed E-state index contributed by atoms with van der Waals surface area (Å²) in [6.07, 6.45) is 0. The monoisotopic (exact) mass is 273 g/mol. The molecule has 0 unspecified atom stereocenters. The van der Waals surface area contributed by atoms with Crippen molar-refractivity contribution in [2.24, 2.45) is 0 Å². The highest BCUT2D eigenvalue weighted by molar-refractivity contribution is 7.91. The molecule has 0 saturated heterocycles. The van der Waals surface area contributed by atoms with E-state index in [1.165, 1.54) is 18.2 Å². The minimum Gasteiger partial charge on any atom is -0.480 e. The van der Waals surface area contributed by atoms with Crippen molar-refractivity contribution in [3.8, 4) is 6.07 Å². The first-order valence-corrected chi connectivity index (χ1v) is 6.65. The molecule has 0 aliphatic carbocycles. The lowest BCUT2D eigenvalue weighted by molar-refractivity contribution is -0.134. The Kier molecular flexibility index (Phi) is 4.10. The van der Waals surface area contributed by atoms with Crippen LogP contribution in [-0.4, -0.2) is 25.2 Å². The normalized spacial score (nSPS) is 10.8. The molecule has 1 aromatic carbocycles. The molecule has 0 aliphatic heterocycles. The summed E-state index contributed by atoms with van der Waals surface area (Å²) in [5.41, 5.74) is 0.598. The van der Waals surface area contributed by atoms with Gasteiger partial charge in [0.15, 0.2) is 9.84 Å². The summed E-state index contributed by atoms with van der Waals surface area (Å²) < 4.78 is 22.8. The second-order valence-electron chi connectivity index (χ2n) is 3.34. The van der Waals surface area contributed by atoms with Crippen LogP contribution in [0.3, 0.4) is 0 Å². The molecule has 0 spiro atoms. The van der Waals surface area contributed by atoms with Crippen molar-refractivity contribution in [1.82, 2.24) is 0 Å². The molecule has 0 saturated carbocycles. The number of halogens is 1. The van der Waals surface area contributed by atoms with Gasteiger partial charge in [-0.15, -0.1) is 0 Å². The first-order chi connectivity index (χ1) is 7.84. The first-order valence-electron chi connectivity index (χ1n) is 4.45. The number of nitriles is 1. The predicted octanol–water partition coefficient (Wildman–Crippen LogP) is 1.21. The van der Waals surface area contributed by atoms with E-state index in [0.717, 1.165) is 0 Å². The van der Waals surface area contributed by atoms with Crippen molar-refractivity contribution in [1.29, 1.82) is 5.26 Å². The number of nitrogens with zero attached hydrogens (tertiary/aromatic N) is 1. The number of hydrogen-bond donors (Lipinski definition) is 1. The van der Waals surface area contributed by atoms with Crippen LogP contribution >= 0.6 is 11.6 Å². The Morgan fingerprint density at radius 3 is 2.59 bits per heavy atom. The Morgan fingerprint density at radius 2 is 2.12 bits per heavy atom. The zero-order chi connectivity index (χ0) is 13.1. The van der Waals surface area contributed by atoms with Crippen molar-refractivity contribution in [3.63, 3.8) is 0 Å². The molecule has 0 atom stereocenters. The van der Waals surface area contributed by atoms with Gasteiger partial charge in [0.25, 0.3) is 0 Å². The van der Waals surface area contributed by atoms with Gasteiger partial charge in [0.05, 0.1) is 17.4 Å². The van der Waals surface area contributed by atoms with Crippen molar-refractivity contribution >= 4 is 27.4 Å². The topological polar surface area (TPSA) is 95.2 Å². The summed E-state index contributed by atoms with van der Waals surface area (Å²) in [5, 5.41) is 17.2. The van der Waals surface area contributed by atoms with E-state index in [1.807, 2.05) is 6.07 Å². The molecule has 1 N–H and O–H groups in total. The van der Waals surface area contributed by atoms with Gasteiger partial charge in [0, 0.05) is 5.02 Å². The molecule has 0 heterocycles. The maximum absolute atomic E-state index is 11.4. The average Bonchev–Trinajstić information content (AvgIpc) is 2.18. The molecular weight excluding hydrogens is 266 g/mol. The van der Waals surface area contributed by atoms with E-state index >= 15 is 0 Å². The quantitative estimate of drug-likeness (QED) is 0.890. The van der Waals surface area contributed by atoms with Crippen LogP contribution in [0.1, 0.15) is 11.1 Å². The lowest BCUT2D eigenvalue weighted by Crippen LogP contribution is -2.17. The zero-order valence-electron chi connectivity index (χ0n) is 8.55. The van der Waals surface area contributed by atoms with Crippen LogP contribution < -0.4 is 0 Å². The molecule has 0 aliphatic rings. The van der Waals surface area contributed by atoms with Crippen LogP contribution in [0.2, 0.25) is 5.02 Å². The number of carboxylic acids is 1. The molecule has 0 radical (unpaired) electrons. The lowest BCUT2D eigenvalue weighted by Gasteiger charge is -2.04. The standard InChI is InChI=1S/C10H8ClNO4S/c11-9-3-7(4-12)1-2-8(9)5-17(15,16)6-10(13)14/h1-3H,5-6H2,(H,13,14). The van der Waals surface area contributed by atoms with Gasteiger partial charge in [-0.3, -0.25) is 4.79 Å². The molecular formula is C10H8ClNO4S. The van der Waals surface area contributed by atoms with Crippen LogP contribution in [-0.2, 0) is 20.4 Å². The maximum atomic E-state index is 11.4. The van der Waals surface area contributed by atoms with Crippen molar-refractivity contribution in [2.75, 3.05) is 5.75 Å². The van der Waals surface area contributed by atoms with Gasteiger partial charge >= 0.3 is 5.97 Å². The smallest absolute Gasteiger partial charge is 0.318 e. The van der Waals surface area contributed by atoms with Gasteiger partial charge in [-0.2, -0.15) is 5.26 Å². The third-order valence-electron chi connectivity index (χ3n) is 1.90. The molecule has 0 amide bonds. The summed E-state index contributed by atoms with van der Waals surface area (Å²) in [5.74, 6) is -2.80. The van der Waals surface area contributed by atoms with Gasteiger partial charge in [0.1, 0.15) is 5.75 Å². The highest BCUT2D eigenvalue weighted by Gasteiger charge is 2.18. The molecule has 7 heteroatoms. The Balaban J connectivity index is 2.97. The summed E-state index contributed by atoms with van der Waals surface area (Å²) in [6.45, 7) is 0. The number of rotatable bonds is 4. The maximum Gasteiger partial charge on any atom is 0.318 e. The average molecular weight is 274 g/mol. The summed E-state index contributed by atoms with van der Waals surface area (Å²) in [6, 6.07) is 6.03. The second-order valence-corrected chi connectivity index (χ2v) is 5.82. The van der Waals surface area contributed by atoms with E-state index in [-0.39, 0.29) is 10.6 Å². The predicted molar refractivity (Wildman–Crippen MR) is 61.3 cm³/mol. The highest BCUT2D eigenvalue weighted by atomic mass is 35.5. The number of benzene rings is 1. The van der Waals surface area contributed by atoms with E-state index in [4.69, 9.17) is 22.0 Å². The summed E-state index contributed by atoms with van der Waals surface area (Å²) in [4.78, 5) is 10.3. The van der Waals surface area contributed by atoms with Gasteiger partial charge in [-0.05, 0) is 17.7 Å². The fraction of sp³-hybridized carbons (Fsp3) is 0.200. The number of sulfone groups is 1. The molecule has 1 aromatic rings. The van der Waals surface area contributed by atoms with Crippen LogP contribution in [0.5, 0.6) is 0 Å². The van der Waals surface area contributed by atoms with Crippen molar-refractivity contribution in [3.05, 3.63) is 34.3 Å². The highest BCUT2D eigenvalue weighted by Crippen LogP contribution is 2.20. The lowest BCUT2D eigenvalue weighted by atomic mass is 10.2. The van der Waals surface area contributed by atoms with Crippen LogP contribution in [0.25, 0.3) is 0 Å². The molecule has 0 aromatic heterocycles. The van der Waals surface area contributed by atoms with Crippen LogP contribution in [0.15, 0.2) is 18.2 Å². The number of hydrogen-bond acceptors (Lipinski definition) is 4. The molecule has 5 nitrogen and oxygen atoms in total.